The van der Waals surface area contributed by atoms with Gasteiger partial charge in [0, 0.05) is 19.1 Å². The zero-order valence-electron chi connectivity index (χ0n) is 13.2. The molecule has 1 saturated heterocycles. The maximum Gasteiger partial charge on any atom is 0.433 e. The molecule has 132 valence electrons. The van der Waals surface area contributed by atoms with Crippen LogP contribution in [0.25, 0.3) is 0 Å². The molecule has 1 fully saturated rings. The van der Waals surface area contributed by atoms with E-state index >= 15 is 0 Å². The molecule has 0 spiro atoms. The van der Waals surface area contributed by atoms with Gasteiger partial charge in [0.25, 0.3) is 5.91 Å². The lowest BCUT2D eigenvalue weighted by molar-refractivity contribution is -0.141. The lowest BCUT2D eigenvalue weighted by atomic mass is 10.0. The summed E-state index contributed by atoms with van der Waals surface area (Å²) >= 11 is 0. The normalized spacial score (nSPS) is 16.8. The van der Waals surface area contributed by atoms with Crippen LogP contribution in [0.15, 0.2) is 12.1 Å². The van der Waals surface area contributed by atoms with Crippen LogP contribution in [-0.4, -0.2) is 47.4 Å². The zero-order chi connectivity index (χ0) is 17.9. The molecule has 0 aromatic carbocycles. The molecule has 1 aliphatic heterocycles. The predicted octanol–water partition coefficient (Wildman–Crippen LogP) is 1.09. The first kappa shape index (κ1) is 18.2. The van der Waals surface area contributed by atoms with Gasteiger partial charge in [-0.1, -0.05) is 0 Å². The number of nitrogens with two attached hydrogens (primary N) is 1. The fourth-order valence-electron chi connectivity index (χ4n) is 2.68. The summed E-state index contributed by atoms with van der Waals surface area (Å²) in [6, 6.07) is 1.85. The van der Waals surface area contributed by atoms with Gasteiger partial charge in [-0.15, -0.1) is 0 Å². The molecule has 1 aromatic rings. The second kappa shape index (κ2) is 7.16. The summed E-state index contributed by atoms with van der Waals surface area (Å²) in [7, 11) is 0. The van der Waals surface area contributed by atoms with Crippen LogP contribution < -0.4 is 11.1 Å². The fraction of sp³-hybridized carbons (Fsp3) is 0.533. The highest BCUT2D eigenvalue weighted by Gasteiger charge is 2.33. The number of halogens is 3. The number of primary amides is 1. The Morgan fingerprint density at radius 3 is 2.46 bits per heavy atom. The molecule has 3 N–H and O–H groups in total. The van der Waals surface area contributed by atoms with E-state index in [1.165, 1.54) is 6.92 Å². The molecule has 0 bridgehead atoms. The van der Waals surface area contributed by atoms with Crippen molar-refractivity contribution in [3.8, 4) is 0 Å². The summed E-state index contributed by atoms with van der Waals surface area (Å²) in [5.74, 6) is -0.842. The number of hydrogen-bond donors (Lipinski definition) is 2. The van der Waals surface area contributed by atoms with Crippen molar-refractivity contribution in [3.63, 3.8) is 0 Å². The minimum absolute atomic E-state index is 0.0356. The number of hydrogen-bond acceptors (Lipinski definition) is 4. The van der Waals surface area contributed by atoms with Gasteiger partial charge < -0.3 is 11.1 Å². The summed E-state index contributed by atoms with van der Waals surface area (Å²) in [6.45, 7) is 2.80. The number of amides is 2. The lowest BCUT2D eigenvalue weighted by Crippen LogP contribution is -2.46. The number of pyridine rings is 1. The summed E-state index contributed by atoms with van der Waals surface area (Å²) in [4.78, 5) is 28.5. The van der Waals surface area contributed by atoms with Crippen molar-refractivity contribution in [2.75, 3.05) is 19.6 Å². The van der Waals surface area contributed by atoms with E-state index in [4.69, 9.17) is 5.73 Å². The maximum absolute atomic E-state index is 12.6. The van der Waals surface area contributed by atoms with Crippen molar-refractivity contribution < 1.29 is 22.8 Å². The molecule has 2 amide bonds. The first-order chi connectivity index (χ1) is 11.2. The third-order valence-corrected chi connectivity index (χ3v) is 3.92. The molecule has 0 aliphatic carbocycles. The largest absolute Gasteiger partial charge is 0.433 e. The summed E-state index contributed by atoms with van der Waals surface area (Å²) in [6.07, 6.45) is -3.24. The monoisotopic (exact) mass is 344 g/mol. The lowest BCUT2D eigenvalue weighted by Gasteiger charge is -2.31. The van der Waals surface area contributed by atoms with Gasteiger partial charge in [-0.25, -0.2) is 4.98 Å². The average molecular weight is 344 g/mol. The maximum atomic E-state index is 12.6. The topological polar surface area (TPSA) is 88.3 Å². The van der Waals surface area contributed by atoms with Gasteiger partial charge in [0.15, 0.2) is 0 Å². The number of nitrogens with one attached hydrogen (secondary N) is 1. The van der Waals surface area contributed by atoms with E-state index in [0.717, 1.165) is 12.1 Å². The van der Waals surface area contributed by atoms with Gasteiger partial charge in [-0.3, -0.25) is 14.5 Å². The van der Waals surface area contributed by atoms with Crippen LogP contribution in [0.2, 0.25) is 0 Å². The van der Waals surface area contributed by atoms with E-state index in [-0.39, 0.29) is 23.8 Å². The number of likely N-dealkylation sites (tertiary alicyclic amines) is 1. The second-order valence-corrected chi connectivity index (χ2v) is 5.82. The first-order valence-electron chi connectivity index (χ1n) is 7.53. The number of carbonyl (C=O) groups excluding carboxylic acids is 2. The molecule has 1 aromatic heterocycles. The van der Waals surface area contributed by atoms with Crippen LogP contribution in [0.3, 0.4) is 0 Å². The molecular formula is C15H19F3N4O2. The van der Waals surface area contributed by atoms with Gasteiger partial charge in [0.1, 0.15) is 5.69 Å². The standard InChI is InChI=1S/C15H19F3N4O2/c1-9-11(2-3-12(20-9)15(16,17)18)14(24)21-10-4-6-22(7-5-10)8-13(19)23/h2-3,10H,4-8H2,1H3,(H2,19,23)(H,21,24). The molecular weight excluding hydrogens is 325 g/mol. The minimum Gasteiger partial charge on any atom is -0.369 e. The van der Waals surface area contributed by atoms with Crippen LogP contribution in [0.5, 0.6) is 0 Å². The smallest absolute Gasteiger partial charge is 0.369 e. The average Bonchev–Trinajstić information content (AvgIpc) is 2.47. The quantitative estimate of drug-likeness (QED) is 0.856. The number of alkyl halides is 3. The van der Waals surface area contributed by atoms with Crippen molar-refractivity contribution in [1.29, 1.82) is 0 Å². The number of piperidine rings is 1. The van der Waals surface area contributed by atoms with Gasteiger partial charge >= 0.3 is 6.18 Å². The summed E-state index contributed by atoms with van der Waals surface area (Å²) < 4.78 is 37.8. The van der Waals surface area contributed by atoms with Crippen LogP contribution in [0.4, 0.5) is 13.2 Å². The predicted molar refractivity (Wildman–Crippen MR) is 80.1 cm³/mol. The first-order valence-corrected chi connectivity index (χ1v) is 7.53. The van der Waals surface area contributed by atoms with Gasteiger partial charge in [-0.2, -0.15) is 13.2 Å². The highest BCUT2D eigenvalue weighted by atomic mass is 19.4. The molecule has 6 nitrogen and oxygen atoms in total. The summed E-state index contributed by atoms with van der Waals surface area (Å²) in [5.41, 5.74) is 4.28. The van der Waals surface area contributed by atoms with Crippen LogP contribution in [0, 0.1) is 6.92 Å². The van der Waals surface area contributed by atoms with Crippen molar-refractivity contribution in [2.45, 2.75) is 32.0 Å². The van der Waals surface area contributed by atoms with Crippen LogP contribution in [0.1, 0.15) is 34.6 Å². The molecule has 0 saturated carbocycles. The number of nitrogens with zero attached hydrogens (tertiary/aromatic N) is 2. The minimum atomic E-state index is -4.53. The third-order valence-electron chi connectivity index (χ3n) is 3.92. The molecule has 2 heterocycles. The Balaban J connectivity index is 1.95. The Morgan fingerprint density at radius 2 is 1.96 bits per heavy atom. The molecule has 0 unspecified atom stereocenters. The van der Waals surface area contributed by atoms with Crippen molar-refractivity contribution in [3.05, 3.63) is 29.1 Å². The van der Waals surface area contributed by atoms with E-state index in [1.54, 1.807) is 0 Å². The van der Waals surface area contributed by atoms with Gasteiger partial charge in [0.2, 0.25) is 5.91 Å². The van der Waals surface area contributed by atoms with E-state index in [9.17, 15) is 22.8 Å². The molecule has 0 atom stereocenters. The van der Waals surface area contributed by atoms with Gasteiger partial charge in [0.05, 0.1) is 17.8 Å². The molecule has 2 rings (SSSR count). The van der Waals surface area contributed by atoms with E-state index in [1.807, 2.05) is 4.90 Å². The Hall–Kier alpha value is -2.16. The fourth-order valence-corrected chi connectivity index (χ4v) is 2.68. The Bertz CT molecular complexity index is 626. The van der Waals surface area contributed by atoms with Crippen molar-refractivity contribution in [2.24, 2.45) is 5.73 Å². The number of aromatic nitrogens is 1. The van der Waals surface area contributed by atoms with Gasteiger partial charge in [-0.05, 0) is 31.9 Å². The van der Waals surface area contributed by atoms with Crippen molar-refractivity contribution >= 4 is 11.8 Å². The Labute approximate surface area is 137 Å². The summed E-state index contributed by atoms with van der Waals surface area (Å²) in [5, 5.41) is 2.81. The van der Waals surface area contributed by atoms with E-state index in [2.05, 4.69) is 10.3 Å². The number of aryl methyl sites for hydroxylation is 1. The Kier molecular flexibility index (Phi) is 5.43. The van der Waals surface area contributed by atoms with E-state index in [0.29, 0.717) is 25.9 Å². The number of rotatable bonds is 4. The second-order valence-electron chi connectivity index (χ2n) is 5.82. The number of carbonyl (C=O) groups is 2. The molecule has 9 heteroatoms. The molecule has 24 heavy (non-hydrogen) atoms. The van der Waals surface area contributed by atoms with Crippen LogP contribution >= 0.6 is 0 Å². The van der Waals surface area contributed by atoms with E-state index < -0.39 is 23.7 Å². The van der Waals surface area contributed by atoms with Crippen molar-refractivity contribution in [1.82, 2.24) is 15.2 Å². The SMILES string of the molecule is Cc1nc(C(F)(F)F)ccc1C(=O)NC1CCN(CC(N)=O)CC1. The Morgan fingerprint density at radius 1 is 1.33 bits per heavy atom. The highest BCUT2D eigenvalue weighted by Crippen LogP contribution is 2.28. The zero-order valence-corrected chi connectivity index (χ0v) is 13.2. The molecule has 1 aliphatic rings. The highest BCUT2D eigenvalue weighted by molar-refractivity contribution is 5.95. The van der Waals surface area contributed by atoms with Crippen LogP contribution in [-0.2, 0) is 11.0 Å². The third kappa shape index (κ3) is 4.67. The molecule has 0 radical (unpaired) electrons.